The molecule has 4 heteroatoms. The van der Waals surface area contributed by atoms with E-state index in [4.69, 9.17) is 11.6 Å². The fourth-order valence-electron chi connectivity index (χ4n) is 1.96. The molecule has 0 aliphatic carbocycles. The van der Waals surface area contributed by atoms with Crippen molar-refractivity contribution in [3.8, 4) is 0 Å². The molecule has 0 fully saturated rings. The Morgan fingerprint density at radius 1 is 1.26 bits per heavy atom. The lowest BCUT2D eigenvalue weighted by Crippen LogP contribution is -2.35. The second-order valence-corrected chi connectivity index (χ2v) is 6.65. The molecule has 0 bridgehead atoms. The summed E-state index contributed by atoms with van der Waals surface area (Å²) in [5.41, 5.74) is 0.654. The zero-order valence-corrected chi connectivity index (χ0v) is 13.5. The molecule has 0 aromatic heterocycles. The molecule has 2 unspecified atom stereocenters. The topological polar surface area (TPSA) is 29.1 Å². The average molecular weight is 300 g/mol. The number of nitrogens with one attached hydrogen (secondary N) is 1. The smallest absolute Gasteiger partial charge is 0.251 e. The van der Waals surface area contributed by atoms with Gasteiger partial charge in [-0.25, -0.2) is 0 Å². The van der Waals surface area contributed by atoms with Crippen LogP contribution in [0.25, 0.3) is 0 Å². The Balaban J connectivity index is 2.54. The maximum atomic E-state index is 12.0. The Hall–Kier alpha value is -0.670. The molecule has 0 aliphatic heterocycles. The summed E-state index contributed by atoms with van der Waals surface area (Å²) in [5.74, 6) is 0.581. The minimum absolute atomic E-state index is 0.0345. The van der Waals surface area contributed by atoms with Crippen LogP contribution >= 0.6 is 23.4 Å². The zero-order chi connectivity index (χ0) is 14.4. The standard InChI is InChI=1S/C15H22ClNOS/c1-10(2)14(19-4)9-11(3)17-15(18)12-5-7-13(16)8-6-12/h5-8,10-11,14H,9H2,1-4H3,(H,17,18). The normalized spacial score (nSPS) is 14.2. The first-order valence-electron chi connectivity index (χ1n) is 6.53. The molecule has 1 rings (SSSR count). The third-order valence-corrected chi connectivity index (χ3v) is 4.71. The molecule has 2 nitrogen and oxygen atoms in total. The first kappa shape index (κ1) is 16.4. The average Bonchev–Trinajstić information content (AvgIpc) is 2.36. The molecule has 106 valence electrons. The van der Waals surface area contributed by atoms with Crippen molar-refractivity contribution in [2.75, 3.05) is 6.26 Å². The number of rotatable bonds is 6. The van der Waals surface area contributed by atoms with Gasteiger partial charge in [-0.15, -0.1) is 0 Å². The summed E-state index contributed by atoms with van der Waals surface area (Å²) in [6.07, 6.45) is 3.11. The van der Waals surface area contributed by atoms with Gasteiger partial charge in [0.2, 0.25) is 0 Å². The van der Waals surface area contributed by atoms with E-state index < -0.39 is 0 Å². The Morgan fingerprint density at radius 2 is 1.84 bits per heavy atom. The molecule has 1 amide bonds. The highest BCUT2D eigenvalue weighted by atomic mass is 35.5. The highest BCUT2D eigenvalue weighted by molar-refractivity contribution is 7.99. The van der Waals surface area contributed by atoms with Gasteiger partial charge in [-0.1, -0.05) is 25.4 Å². The van der Waals surface area contributed by atoms with Gasteiger partial charge in [-0.05, 0) is 49.8 Å². The van der Waals surface area contributed by atoms with Crippen molar-refractivity contribution in [3.05, 3.63) is 34.9 Å². The molecule has 0 saturated carbocycles. The van der Waals surface area contributed by atoms with E-state index in [-0.39, 0.29) is 11.9 Å². The minimum Gasteiger partial charge on any atom is -0.350 e. The number of thioether (sulfide) groups is 1. The lowest BCUT2D eigenvalue weighted by molar-refractivity contribution is 0.0937. The molecule has 1 aromatic carbocycles. The second-order valence-electron chi connectivity index (χ2n) is 5.14. The van der Waals surface area contributed by atoms with Gasteiger partial charge >= 0.3 is 0 Å². The summed E-state index contributed by atoms with van der Waals surface area (Å²) in [5, 5.41) is 4.26. The van der Waals surface area contributed by atoms with Gasteiger partial charge in [0.1, 0.15) is 0 Å². The monoisotopic (exact) mass is 299 g/mol. The molecule has 0 saturated heterocycles. The molecule has 1 aromatic rings. The summed E-state index contributed by atoms with van der Waals surface area (Å²) >= 11 is 7.67. The van der Waals surface area contributed by atoms with Gasteiger partial charge in [0, 0.05) is 21.9 Å². The number of halogens is 1. The van der Waals surface area contributed by atoms with E-state index in [0.29, 0.717) is 21.8 Å². The highest BCUT2D eigenvalue weighted by Crippen LogP contribution is 2.21. The molecule has 2 atom stereocenters. The van der Waals surface area contributed by atoms with Crippen LogP contribution in [0.5, 0.6) is 0 Å². The van der Waals surface area contributed by atoms with E-state index in [2.05, 4.69) is 32.3 Å². The number of hydrogen-bond acceptors (Lipinski definition) is 2. The first-order valence-corrected chi connectivity index (χ1v) is 8.19. The third kappa shape index (κ3) is 5.45. The van der Waals surface area contributed by atoms with E-state index in [1.807, 2.05) is 11.8 Å². The van der Waals surface area contributed by atoms with Crippen molar-refractivity contribution in [3.63, 3.8) is 0 Å². The number of hydrogen-bond donors (Lipinski definition) is 1. The van der Waals surface area contributed by atoms with Crippen LogP contribution in [0.3, 0.4) is 0 Å². The fraction of sp³-hybridized carbons (Fsp3) is 0.533. The van der Waals surface area contributed by atoms with Crippen LogP contribution < -0.4 is 5.32 Å². The van der Waals surface area contributed by atoms with Crippen LogP contribution in [-0.4, -0.2) is 23.5 Å². The Morgan fingerprint density at radius 3 is 2.32 bits per heavy atom. The summed E-state index contributed by atoms with van der Waals surface area (Å²) in [6.45, 7) is 6.49. The van der Waals surface area contributed by atoms with E-state index in [0.717, 1.165) is 6.42 Å². The van der Waals surface area contributed by atoms with Crippen molar-refractivity contribution < 1.29 is 4.79 Å². The summed E-state index contributed by atoms with van der Waals surface area (Å²) < 4.78 is 0. The second kappa shape index (κ2) is 7.81. The van der Waals surface area contributed by atoms with Gasteiger partial charge < -0.3 is 5.32 Å². The molecular formula is C15H22ClNOS. The Labute approximate surface area is 125 Å². The summed E-state index contributed by atoms with van der Waals surface area (Å²) in [6, 6.07) is 7.14. The van der Waals surface area contributed by atoms with Crippen LogP contribution in [0.2, 0.25) is 5.02 Å². The van der Waals surface area contributed by atoms with Gasteiger partial charge in [-0.2, -0.15) is 11.8 Å². The van der Waals surface area contributed by atoms with Crippen molar-refractivity contribution in [2.45, 2.75) is 38.5 Å². The quantitative estimate of drug-likeness (QED) is 0.851. The van der Waals surface area contributed by atoms with Crippen LogP contribution in [-0.2, 0) is 0 Å². The predicted octanol–water partition coefficient (Wildman–Crippen LogP) is 4.24. The number of amides is 1. The summed E-state index contributed by atoms with van der Waals surface area (Å²) in [4.78, 5) is 12.0. The largest absolute Gasteiger partial charge is 0.350 e. The van der Waals surface area contributed by atoms with Crippen molar-refractivity contribution in [1.29, 1.82) is 0 Å². The SMILES string of the molecule is CSC(CC(C)NC(=O)c1ccc(Cl)cc1)C(C)C. The number of carbonyl (C=O) groups is 1. The van der Waals surface area contributed by atoms with Crippen LogP contribution in [0.4, 0.5) is 0 Å². The fourth-order valence-corrected chi connectivity index (χ4v) is 3.11. The minimum atomic E-state index is -0.0345. The van der Waals surface area contributed by atoms with Gasteiger partial charge in [0.25, 0.3) is 5.91 Å². The van der Waals surface area contributed by atoms with E-state index in [1.165, 1.54) is 0 Å². The van der Waals surface area contributed by atoms with Gasteiger partial charge in [0.05, 0.1) is 0 Å². The molecule has 0 radical (unpaired) electrons. The van der Waals surface area contributed by atoms with Crippen LogP contribution in [0, 0.1) is 5.92 Å². The lowest BCUT2D eigenvalue weighted by Gasteiger charge is -2.23. The lowest BCUT2D eigenvalue weighted by atomic mass is 10.0. The third-order valence-electron chi connectivity index (χ3n) is 3.12. The Kier molecular flexibility index (Phi) is 6.73. The predicted molar refractivity (Wildman–Crippen MR) is 85.1 cm³/mol. The Bertz CT molecular complexity index is 405. The number of carbonyl (C=O) groups excluding carboxylic acids is 1. The van der Waals surface area contributed by atoms with E-state index in [1.54, 1.807) is 24.3 Å². The highest BCUT2D eigenvalue weighted by Gasteiger charge is 2.17. The van der Waals surface area contributed by atoms with Crippen molar-refractivity contribution in [1.82, 2.24) is 5.32 Å². The first-order chi connectivity index (χ1) is 8.93. The molecule has 0 spiro atoms. The summed E-state index contributed by atoms with van der Waals surface area (Å²) in [7, 11) is 0. The van der Waals surface area contributed by atoms with Crippen LogP contribution in [0.1, 0.15) is 37.6 Å². The van der Waals surface area contributed by atoms with E-state index >= 15 is 0 Å². The maximum absolute atomic E-state index is 12.0. The van der Waals surface area contributed by atoms with Gasteiger partial charge in [-0.3, -0.25) is 4.79 Å². The van der Waals surface area contributed by atoms with Crippen molar-refractivity contribution in [2.24, 2.45) is 5.92 Å². The molecular weight excluding hydrogens is 278 g/mol. The van der Waals surface area contributed by atoms with Crippen molar-refractivity contribution >= 4 is 29.3 Å². The molecule has 19 heavy (non-hydrogen) atoms. The zero-order valence-electron chi connectivity index (χ0n) is 11.9. The van der Waals surface area contributed by atoms with E-state index in [9.17, 15) is 4.79 Å². The molecule has 0 heterocycles. The maximum Gasteiger partial charge on any atom is 0.251 e. The molecule has 1 N–H and O–H groups in total. The number of benzene rings is 1. The van der Waals surface area contributed by atoms with Crippen LogP contribution in [0.15, 0.2) is 24.3 Å². The molecule has 0 aliphatic rings. The van der Waals surface area contributed by atoms with Gasteiger partial charge in [0.15, 0.2) is 0 Å².